The van der Waals surface area contributed by atoms with Crippen LogP contribution in [0.1, 0.15) is 6.42 Å². The highest BCUT2D eigenvalue weighted by atomic mass is 16.5. The fraction of sp³-hybridized carbons (Fsp3) is 0.889. The van der Waals surface area contributed by atoms with Gasteiger partial charge in [0, 0.05) is 39.8 Å². The van der Waals surface area contributed by atoms with Crippen molar-refractivity contribution in [1.29, 1.82) is 0 Å². The molecule has 0 saturated carbocycles. The van der Waals surface area contributed by atoms with Crippen LogP contribution in [0.5, 0.6) is 0 Å². The summed E-state index contributed by atoms with van der Waals surface area (Å²) in [6, 6.07) is 0.440. The molecule has 5 nitrogen and oxygen atoms in total. The fourth-order valence-corrected chi connectivity index (χ4v) is 1.65. The summed E-state index contributed by atoms with van der Waals surface area (Å²) in [7, 11) is 3.42. The summed E-state index contributed by atoms with van der Waals surface area (Å²) in [5, 5.41) is 3.18. The van der Waals surface area contributed by atoms with E-state index in [1.807, 2.05) is 0 Å². The van der Waals surface area contributed by atoms with Crippen LogP contribution in [-0.2, 0) is 4.74 Å². The zero-order chi connectivity index (χ0) is 10.4. The molecule has 0 spiro atoms. The maximum atomic E-state index is 5.59. The summed E-state index contributed by atoms with van der Waals surface area (Å²) in [5.41, 5.74) is 5.59. The quantitative estimate of drug-likeness (QED) is 0.462. The van der Waals surface area contributed by atoms with Crippen LogP contribution in [-0.4, -0.2) is 57.3 Å². The van der Waals surface area contributed by atoms with Crippen molar-refractivity contribution in [3.8, 4) is 0 Å². The van der Waals surface area contributed by atoms with Gasteiger partial charge in [0.25, 0.3) is 0 Å². The Hall–Kier alpha value is -0.810. The molecule has 1 heterocycles. The van der Waals surface area contributed by atoms with Crippen LogP contribution in [0.2, 0.25) is 0 Å². The molecule has 82 valence electrons. The van der Waals surface area contributed by atoms with E-state index in [0.717, 1.165) is 32.7 Å². The van der Waals surface area contributed by atoms with Crippen molar-refractivity contribution in [2.45, 2.75) is 12.5 Å². The summed E-state index contributed by atoms with van der Waals surface area (Å²) >= 11 is 0. The fourth-order valence-electron chi connectivity index (χ4n) is 1.65. The third kappa shape index (κ3) is 3.51. The van der Waals surface area contributed by atoms with Crippen LogP contribution in [0.3, 0.4) is 0 Å². The van der Waals surface area contributed by atoms with E-state index in [1.165, 1.54) is 0 Å². The van der Waals surface area contributed by atoms with Crippen molar-refractivity contribution >= 4 is 5.96 Å². The molecule has 0 amide bonds. The van der Waals surface area contributed by atoms with Crippen molar-refractivity contribution in [3.63, 3.8) is 0 Å². The van der Waals surface area contributed by atoms with Gasteiger partial charge in [0.15, 0.2) is 5.96 Å². The van der Waals surface area contributed by atoms with Crippen LogP contribution >= 0.6 is 0 Å². The molecule has 1 rings (SSSR count). The molecule has 0 aliphatic carbocycles. The molecule has 1 aliphatic rings. The lowest BCUT2D eigenvalue weighted by Gasteiger charge is -2.16. The molecule has 1 unspecified atom stereocenters. The molecule has 14 heavy (non-hydrogen) atoms. The molecular formula is C9H20N4O. The predicted octanol–water partition coefficient (Wildman–Crippen LogP) is -0.759. The first-order valence-electron chi connectivity index (χ1n) is 4.96. The third-order valence-electron chi connectivity index (χ3n) is 2.48. The largest absolute Gasteiger partial charge is 0.383 e. The maximum Gasteiger partial charge on any atom is 0.188 e. The second-order valence-corrected chi connectivity index (χ2v) is 3.53. The van der Waals surface area contributed by atoms with E-state index in [0.29, 0.717) is 12.0 Å². The molecule has 0 radical (unpaired) electrons. The third-order valence-corrected chi connectivity index (χ3v) is 2.48. The minimum Gasteiger partial charge on any atom is -0.383 e. The van der Waals surface area contributed by atoms with Gasteiger partial charge in [0.1, 0.15) is 0 Å². The van der Waals surface area contributed by atoms with Gasteiger partial charge in [-0.3, -0.25) is 9.89 Å². The van der Waals surface area contributed by atoms with E-state index >= 15 is 0 Å². The van der Waals surface area contributed by atoms with Gasteiger partial charge in [0.2, 0.25) is 0 Å². The number of methoxy groups -OCH3 is 1. The molecule has 1 aliphatic heterocycles. The number of ether oxygens (including phenoxy) is 1. The predicted molar refractivity (Wildman–Crippen MR) is 57.4 cm³/mol. The van der Waals surface area contributed by atoms with Gasteiger partial charge in [-0.2, -0.15) is 0 Å². The second kappa shape index (κ2) is 5.82. The SMILES string of the molecule is CN=C(N)NC1CCN(CCOC)C1. The number of nitrogens with zero attached hydrogens (tertiary/aromatic N) is 2. The molecule has 0 aromatic heterocycles. The summed E-state index contributed by atoms with van der Waals surface area (Å²) in [6.45, 7) is 3.93. The van der Waals surface area contributed by atoms with E-state index in [-0.39, 0.29) is 0 Å². The average Bonchev–Trinajstić information content (AvgIpc) is 2.62. The maximum absolute atomic E-state index is 5.59. The van der Waals surface area contributed by atoms with Gasteiger partial charge >= 0.3 is 0 Å². The number of hydrogen-bond donors (Lipinski definition) is 2. The Morgan fingerprint density at radius 3 is 3.14 bits per heavy atom. The van der Waals surface area contributed by atoms with Gasteiger partial charge in [-0.1, -0.05) is 0 Å². The van der Waals surface area contributed by atoms with Gasteiger partial charge < -0.3 is 15.8 Å². The van der Waals surface area contributed by atoms with Crippen molar-refractivity contribution in [1.82, 2.24) is 10.2 Å². The lowest BCUT2D eigenvalue weighted by Crippen LogP contribution is -2.41. The van der Waals surface area contributed by atoms with Crippen molar-refractivity contribution in [2.75, 3.05) is 40.4 Å². The molecule has 0 aromatic carbocycles. The van der Waals surface area contributed by atoms with Crippen LogP contribution in [0.15, 0.2) is 4.99 Å². The van der Waals surface area contributed by atoms with E-state index < -0.39 is 0 Å². The molecule has 0 aromatic rings. The van der Waals surface area contributed by atoms with Crippen LogP contribution < -0.4 is 11.1 Å². The number of guanidine groups is 1. The normalized spacial score (nSPS) is 24.1. The Labute approximate surface area is 85.3 Å². The Morgan fingerprint density at radius 1 is 1.71 bits per heavy atom. The van der Waals surface area contributed by atoms with Crippen LogP contribution in [0, 0.1) is 0 Å². The molecule has 1 atom stereocenters. The molecule has 1 fully saturated rings. The van der Waals surface area contributed by atoms with E-state index in [2.05, 4.69) is 15.2 Å². The number of rotatable bonds is 4. The van der Waals surface area contributed by atoms with E-state index in [1.54, 1.807) is 14.2 Å². The Morgan fingerprint density at radius 2 is 2.50 bits per heavy atom. The monoisotopic (exact) mass is 200 g/mol. The van der Waals surface area contributed by atoms with Crippen molar-refractivity contribution in [2.24, 2.45) is 10.7 Å². The highest BCUT2D eigenvalue weighted by molar-refractivity contribution is 5.77. The minimum absolute atomic E-state index is 0.440. The van der Waals surface area contributed by atoms with Gasteiger partial charge in [-0.25, -0.2) is 0 Å². The van der Waals surface area contributed by atoms with Gasteiger partial charge in [-0.05, 0) is 6.42 Å². The Bertz CT molecular complexity index is 195. The van der Waals surface area contributed by atoms with Crippen LogP contribution in [0.4, 0.5) is 0 Å². The zero-order valence-electron chi connectivity index (χ0n) is 8.99. The molecular weight excluding hydrogens is 180 g/mol. The second-order valence-electron chi connectivity index (χ2n) is 3.53. The first-order chi connectivity index (χ1) is 6.76. The van der Waals surface area contributed by atoms with Crippen LogP contribution in [0.25, 0.3) is 0 Å². The van der Waals surface area contributed by atoms with Gasteiger partial charge in [-0.15, -0.1) is 0 Å². The standard InChI is InChI=1S/C9H20N4O/c1-11-9(10)12-8-3-4-13(7-8)5-6-14-2/h8H,3-7H2,1-2H3,(H3,10,11,12). The minimum atomic E-state index is 0.440. The van der Waals surface area contributed by atoms with E-state index in [4.69, 9.17) is 10.5 Å². The molecule has 0 bridgehead atoms. The summed E-state index contributed by atoms with van der Waals surface area (Å²) < 4.78 is 5.03. The lowest BCUT2D eigenvalue weighted by molar-refractivity contribution is 0.160. The smallest absolute Gasteiger partial charge is 0.188 e. The highest BCUT2D eigenvalue weighted by Crippen LogP contribution is 2.07. The topological polar surface area (TPSA) is 62.9 Å². The summed E-state index contributed by atoms with van der Waals surface area (Å²) in [5.74, 6) is 0.531. The highest BCUT2D eigenvalue weighted by Gasteiger charge is 2.21. The average molecular weight is 200 g/mol. The van der Waals surface area contributed by atoms with Crippen molar-refractivity contribution < 1.29 is 4.74 Å². The number of nitrogens with one attached hydrogen (secondary N) is 1. The number of aliphatic imine (C=N–C) groups is 1. The Balaban J connectivity index is 2.20. The zero-order valence-corrected chi connectivity index (χ0v) is 8.99. The number of likely N-dealkylation sites (tertiary alicyclic amines) is 1. The Kier molecular flexibility index (Phi) is 4.69. The first kappa shape index (κ1) is 11.3. The summed E-state index contributed by atoms with van der Waals surface area (Å²) in [6.07, 6.45) is 1.12. The first-order valence-corrected chi connectivity index (χ1v) is 4.96. The number of hydrogen-bond acceptors (Lipinski definition) is 3. The van der Waals surface area contributed by atoms with E-state index in [9.17, 15) is 0 Å². The molecule has 5 heteroatoms. The molecule has 1 saturated heterocycles. The number of nitrogens with two attached hydrogens (primary N) is 1. The van der Waals surface area contributed by atoms with Gasteiger partial charge in [0.05, 0.1) is 6.61 Å². The lowest BCUT2D eigenvalue weighted by atomic mass is 10.3. The summed E-state index contributed by atoms with van der Waals surface area (Å²) in [4.78, 5) is 6.24. The van der Waals surface area contributed by atoms with Crippen molar-refractivity contribution in [3.05, 3.63) is 0 Å². The molecule has 3 N–H and O–H groups in total.